The number of aliphatic hydroxyl groups is 5. The second-order valence-electron chi connectivity index (χ2n) is 17.7. The zero-order valence-corrected chi connectivity index (χ0v) is 43.6. The van der Waals surface area contributed by atoms with Gasteiger partial charge in [-0.05, 0) is 89.9 Å². The van der Waals surface area contributed by atoms with Gasteiger partial charge in [-0.15, -0.1) is 0 Å². The first-order valence-electron chi connectivity index (χ1n) is 25.6. The van der Waals surface area contributed by atoms with Crippen LogP contribution < -0.4 is 0 Å². The van der Waals surface area contributed by atoms with Crippen molar-refractivity contribution in [2.45, 2.75) is 223 Å². The molecule has 0 saturated heterocycles. The molecule has 0 amide bonds. The van der Waals surface area contributed by atoms with Crippen molar-refractivity contribution in [2.24, 2.45) is 0 Å². The first-order valence-corrected chi connectivity index (χ1v) is 28.6. The number of hydrogen-bond donors (Lipinski definition) is 8. The normalized spacial score (nSPS) is 22.0. The fraction of sp³-hybridized carbons (Fsp3) is 0.725. The van der Waals surface area contributed by atoms with Crippen molar-refractivity contribution in [3.05, 3.63) is 72.9 Å². The van der Waals surface area contributed by atoms with Crippen molar-refractivity contribution in [3.63, 3.8) is 0 Å². The minimum Gasteiger partial charge on any atom is -0.462 e. The van der Waals surface area contributed by atoms with Crippen molar-refractivity contribution in [2.75, 3.05) is 13.2 Å². The Labute approximate surface area is 417 Å². The molecule has 0 aromatic heterocycles. The van der Waals surface area contributed by atoms with Crippen LogP contribution in [0.2, 0.25) is 0 Å². The number of phosphoric acid groups is 2. The second-order valence-corrected chi connectivity index (χ2v) is 20.3. The average Bonchev–Trinajstić information content (AvgIpc) is 3.32. The maximum absolute atomic E-state index is 13.0. The molecule has 0 spiro atoms. The highest BCUT2D eigenvalue weighted by molar-refractivity contribution is 7.47. The van der Waals surface area contributed by atoms with Crippen molar-refractivity contribution < 1.29 is 82.0 Å². The third-order valence-corrected chi connectivity index (χ3v) is 12.9. The van der Waals surface area contributed by atoms with Gasteiger partial charge in [0.05, 0.1) is 12.7 Å². The minimum atomic E-state index is -5.38. The van der Waals surface area contributed by atoms with Gasteiger partial charge in [-0.25, -0.2) is 9.13 Å². The summed E-state index contributed by atoms with van der Waals surface area (Å²) in [6.07, 6.45) is 32.2. The molecule has 1 aliphatic carbocycles. The van der Waals surface area contributed by atoms with E-state index in [-0.39, 0.29) is 18.9 Å². The van der Waals surface area contributed by atoms with E-state index in [0.717, 1.165) is 89.9 Å². The van der Waals surface area contributed by atoms with E-state index in [1.54, 1.807) is 0 Å². The molecule has 9 atom stereocenters. The molecule has 1 fully saturated rings. The molecule has 19 heteroatoms. The molecule has 1 rings (SSSR count). The van der Waals surface area contributed by atoms with Gasteiger partial charge < -0.3 is 49.7 Å². The van der Waals surface area contributed by atoms with E-state index in [4.69, 9.17) is 18.5 Å². The van der Waals surface area contributed by atoms with Gasteiger partial charge in [-0.3, -0.25) is 23.2 Å². The molecule has 8 N–H and O–H groups in total. The zero-order valence-electron chi connectivity index (χ0n) is 41.8. The molecular weight excluding hydrogens is 946 g/mol. The fourth-order valence-electron chi connectivity index (χ4n) is 7.26. The van der Waals surface area contributed by atoms with Crippen molar-refractivity contribution in [1.29, 1.82) is 0 Å². The van der Waals surface area contributed by atoms with Crippen LogP contribution in [-0.4, -0.2) is 114 Å². The van der Waals surface area contributed by atoms with Crippen molar-refractivity contribution in [3.8, 4) is 0 Å². The molecule has 5 unspecified atom stereocenters. The molecule has 70 heavy (non-hydrogen) atoms. The largest absolute Gasteiger partial charge is 0.472 e. The Kier molecular flexibility index (Phi) is 38.2. The number of esters is 2. The van der Waals surface area contributed by atoms with Crippen LogP contribution >= 0.6 is 15.6 Å². The molecule has 0 aliphatic heterocycles. The minimum absolute atomic E-state index is 0.0175. The lowest BCUT2D eigenvalue weighted by molar-refractivity contribution is -0.216. The number of rotatable bonds is 42. The highest BCUT2D eigenvalue weighted by Gasteiger charge is 2.54. The summed E-state index contributed by atoms with van der Waals surface area (Å²) in [5.74, 6) is -1.30. The number of hydrogen-bond acceptors (Lipinski definition) is 14. The molecule has 0 aromatic rings. The number of unbranched alkanes of at least 4 members (excludes halogenated alkanes) is 13. The van der Waals surface area contributed by atoms with Gasteiger partial charge in [0.15, 0.2) is 6.10 Å². The summed E-state index contributed by atoms with van der Waals surface area (Å²) in [4.78, 5) is 54.4. The first kappa shape index (κ1) is 65.4. The van der Waals surface area contributed by atoms with Crippen molar-refractivity contribution >= 4 is 27.6 Å². The molecule has 0 aromatic carbocycles. The lowest BCUT2D eigenvalue weighted by Crippen LogP contribution is -2.64. The Balaban J connectivity index is 2.59. The molecule has 404 valence electrons. The van der Waals surface area contributed by atoms with E-state index < -0.39 is 83.5 Å². The summed E-state index contributed by atoms with van der Waals surface area (Å²) < 4.78 is 49.4. The molecule has 0 heterocycles. The smallest absolute Gasteiger partial charge is 0.462 e. The van der Waals surface area contributed by atoms with E-state index in [2.05, 4.69) is 66.1 Å². The number of phosphoric ester groups is 2. The van der Waals surface area contributed by atoms with Crippen LogP contribution in [0, 0.1) is 0 Å². The highest BCUT2D eigenvalue weighted by Crippen LogP contribution is 2.49. The predicted octanol–water partition coefficient (Wildman–Crippen LogP) is 9.37. The molecule has 0 radical (unpaired) electrons. The number of carbonyl (C=O) groups excluding carboxylic acids is 2. The summed E-state index contributed by atoms with van der Waals surface area (Å²) in [6, 6.07) is 0. The van der Waals surface area contributed by atoms with Crippen LogP contribution in [0.15, 0.2) is 72.9 Å². The van der Waals surface area contributed by atoms with E-state index in [9.17, 15) is 58.9 Å². The fourth-order valence-corrected chi connectivity index (χ4v) is 8.80. The zero-order chi connectivity index (χ0) is 51.9. The Morgan fingerprint density at radius 3 is 1.47 bits per heavy atom. The van der Waals surface area contributed by atoms with Crippen molar-refractivity contribution in [1.82, 2.24) is 0 Å². The molecular formula is C51H88O17P2. The Bertz CT molecular complexity index is 1640. The average molecular weight is 1040 g/mol. The molecule has 1 saturated carbocycles. The topological polar surface area (TPSA) is 276 Å². The van der Waals surface area contributed by atoms with Crippen LogP contribution in [-0.2, 0) is 41.8 Å². The SMILES string of the molecule is CCCCC/C=C\C/C=C\CCCCCCCCCCCC(=O)O[C@H](COC(=O)CCC/C=C\C/C=C\C/C=C\C/C=C\CC[C@@H](O)CC)COP(=O)(O)O[C@H]1C(O)C(O)C(O)[C@@H](OP(=O)(O)O)C1O. The van der Waals surface area contributed by atoms with Gasteiger partial charge in [0.1, 0.15) is 43.2 Å². The van der Waals surface area contributed by atoms with E-state index in [1.165, 1.54) is 38.5 Å². The standard InChI is InChI=1S/C51H88O17P2/c1-3-5-6-7-8-9-10-11-12-13-14-15-16-21-24-27-30-33-36-39-45(54)66-43(41-65-70(62,63)68-51-48(57)46(55)47(56)50(49(51)58)67-69(59,60)61)40-64-44(53)38-35-32-29-26-23-20-18-17-19-22-25-28-31-34-37-42(52)4-2/h8-9,11-12,18-20,22,26,28-29,31,42-43,46-52,55-58H,3-7,10,13-17,21,23-25,27,30,32-41H2,1-2H3,(H,62,63)(H2,59,60,61)/b9-8-,12-11-,20-18-,22-19-,29-26-,31-28-/t42-,43+,46?,47?,48?,49?,50+,51-/m0/s1. The van der Waals surface area contributed by atoms with Crippen LogP contribution in [0.4, 0.5) is 0 Å². The summed E-state index contributed by atoms with van der Waals surface area (Å²) in [5.41, 5.74) is 0. The van der Waals surface area contributed by atoms with E-state index >= 15 is 0 Å². The van der Waals surface area contributed by atoms with Crippen LogP contribution in [0.5, 0.6) is 0 Å². The maximum atomic E-state index is 13.0. The number of aliphatic hydroxyl groups excluding tert-OH is 5. The number of allylic oxidation sites excluding steroid dienone is 12. The van der Waals surface area contributed by atoms with Crippen LogP contribution in [0.25, 0.3) is 0 Å². The van der Waals surface area contributed by atoms with Gasteiger partial charge in [0.2, 0.25) is 0 Å². The highest BCUT2D eigenvalue weighted by atomic mass is 31.2. The quantitative estimate of drug-likeness (QED) is 0.0122. The second kappa shape index (κ2) is 40.8. The molecule has 17 nitrogen and oxygen atoms in total. The summed E-state index contributed by atoms with van der Waals surface area (Å²) >= 11 is 0. The number of carbonyl (C=O) groups is 2. The lowest BCUT2D eigenvalue weighted by Gasteiger charge is -2.43. The third kappa shape index (κ3) is 34.7. The first-order chi connectivity index (χ1) is 33.5. The Morgan fingerprint density at radius 2 is 0.957 bits per heavy atom. The van der Waals surface area contributed by atoms with E-state index in [1.807, 2.05) is 25.2 Å². The Morgan fingerprint density at radius 1 is 0.514 bits per heavy atom. The third-order valence-electron chi connectivity index (χ3n) is 11.4. The van der Waals surface area contributed by atoms with Gasteiger partial charge in [-0.2, -0.15) is 0 Å². The monoisotopic (exact) mass is 1030 g/mol. The number of ether oxygens (including phenoxy) is 2. The molecule has 1 aliphatic rings. The van der Waals surface area contributed by atoms with Gasteiger partial charge in [0, 0.05) is 12.8 Å². The lowest BCUT2D eigenvalue weighted by atomic mass is 9.85. The predicted molar refractivity (Wildman–Crippen MR) is 270 cm³/mol. The van der Waals surface area contributed by atoms with E-state index in [0.29, 0.717) is 19.3 Å². The molecule has 0 bridgehead atoms. The summed E-state index contributed by atoms with van der Waals surface area (Å²) in [7, 11) is -10.7. The maximum Gasteiger partial charge on any atom is 0.472 e. The summed E-state index contributed by atoms with van der Waals surface area (Å²) in [6.45, 7) is 2.77. The summed E-state index contributed by atoms with van der Waals surface area (Å²) in [5, 5.41) is 50.9. The Hall–Kier alpha value is -2.60. The van der Waals surface area contributed by atoms with Gasteiger partial charge in [0.25, 0.3) is 0 Å². The van der Waals surface area contributed by atoms with Gasteiger partial charge >= 0.3 is 27.6 Å². The van der Waals surface area contributed by atoms with Crippen LogP contribution in [0.1, 0.15) is 174 Å². The van der Waals surface area contributed by atoms with Gasteiger partial charge in [-0.1, -0.05) is 145 Å². The van der Waals surface area contributed by atoms with Crippen LogP contribution in [0.3, 0.4) is 0 Å².